The molecule has 5 heteroatoms. The van der Waals surface area contributed by atoms with Gasteiger partial charge in [-0.15, -0.1) is 9.32 Å². The van der Waals surface area contributed by atoms with E-state index in [1.54, 1.807) is 6.07 Å². The highest BCUT2D eigenvalue weighted by Gasteiger charge is 1.99. The summed E-state index contributed by atoms with van der Waals surface area (Å²) in [5.41, 5.74) is 7.30. The maximum Gasteiger partial charge on any atom is 0.0705 e. The fourth-order valence-corrected chi connectivity index (χ4v) is 1.25. The van der Waals surface area contributed by atoms with Gasteiger partial charge in [0.05, 0.1) is 12.0 Å². The largest absolute Gasteiger partial charge is 0.399 e. The fourth-order valence-electron chi connectivity index (χ4n) is 0.822. The van der Waals surface area contributed by atoms with Crippen LogP contribution in [0.25, 0.3) is 0 Å². The first-order chi connectivity index (χ1) is 5.74. The maximum absolute atomic E-state index is 5.55. The Morgan fingerprint density at radius 3 is 2.75 bits per heavy atom. The molecule has 0 atom stereocenters. The van der Waals surface area contributed by atoms with Crippen molar-refractivity contribution >= 4 is 17.7 Å². The monoisotopic (exact) mass is 186 g/mol. The van der Waals surface area contributed by atoms with Crippen molar-refractivity contribution in [3.63, 3.8) is 0 Å². The lowest BCUT2D eigenvalue weighted by Crippen LogP contribution is -1.94. The molecule has 1 aromatic rings. The van der Waals surface area contributed by atoms with Crippen molar-refractivity contribution in [2.45, 2.75) is 11.8 Å². The molecule has 66 valence electrons. The van der Waals surface area contributed by atoms with Crippen LogP contribution in [0.5, 0.6) is 0 Å². The predicted molar refractivity (Wildman–Crippen MR) is 47.8 cm³/mol. The van der Waals surface area contributed by atoms with E-state index in [1.165, 1.54) is 0 Å². The number of nitrogens with two attached hydrogens (primary N) is 2. The van der Waals surface area contributed by atoms with Gasteiger partial charge >= 0.3 is 0 Å². The molecular weight excluding hydrogens is 176 g/mol. The molecule has 4 N–H and O–H groups in total. The standard InChI is InChI=1S/C7H10N2O2S/c1-5-4-6(8)2-3-7(5)12-11-10-9/h2-4H,8-9H2,1H3. The van der Waals surface area contributed by atoms with Gasteiger partial charge in [-0.1, -0.05) is 0 Å². The van der Waals surface area contributed by atoms with Crippen LogP contribution in [-0.2, 0) is 9.32 Å². The van der Waals surface area contributed by atoms with Crippen LogP contribution in [0.15, 0.2) is 23.1 Å². The van der Waals surface area contributed by atoms with E-state index in [2.05, 4.69) is 15.2 Å². The molecule has 12 heavy (non-hydrogen) atoms. The summed E-state index contributed by atoms with van der Waals surface area (Å²) in [4.78, 5) is 4.89. The number of hydrogen-bond acceptors (Lipinski definition) is 5. The third kappa shape index (κ3) is 2.38. The van der Waals surface area contributed by atoms with Gasteiger partial charge in [-0.25, -0.2) is 0 Å². The molecule has 0 aliphatic carbocycles. The number of benzene rings is 1. The Labute approximate surface area is 74.9 Å². The lowest BCUT2D eigenvalue weighted by molar-refractivity contribution is -0.195. The average Bonchev–Trinajstić information content (AvgIpc) is 2.03. The normalized spacial score (nSPS) is 10.2. The quantitative estimate of drug-likeness (QED) is 0.323. The molecule has 0 saturated heterocycles. The third-order valence-electron chi connectivity index (χ3n) is 1.36. The van der Waals surface area contributed by atoms with Gasteiger partial charge in [0.1, 0.15) is 0 Å². The summed E-state index contributed by atoms with van der Waals surface area (Å²) in [5, 5.41) is 0. The number of aryl methyl sites for hydroxylation is 1. The van der Waals surface area contributed by atoms with E-state index in [-0.39, 0.29) is 0 Å². The first kappa shape index (κ1) is 9.34. The van der Waals surface area contributed by atoms with Crippen molar-refractivity contribution in [1.29, 1.82) is 0 Å². The Bertz CT molecular complexity index is 268. The summed E-state index contributed by atoms with van der Waals surface area (Å²) in [6.07, 6.45) is 0. The Morgan fingerprint density at radius 1 is 1.42 bits per heavy atom. The molecule has 0 bridgehead atoms. The van der Waals surface area contributed by atoms with Gasteiger partial charge in [-0.2, -0.15) is 5.90 Å². The van der Waals surface area contributed by atoms with E-state index in [4.69, 9.17) is 5.73 Å². The lowest BCUT2D eigenvalue weighted by atomic mass is 10.2. The number of rotatable bonds is 3. The predicted octanol–water partition coefficient (Wildman–Crippen LogP) is 1.41. The second kappa shape index (κ2) is 4.32. The molecule has 4 nitrogen and oxygen atoms in total. The summed E-state index contributed by atoms with van der Waals surface area (Å²) in [6, 6.07) is 5.48. The molecule has 0 heterocycles. The zero-order chi connectivity index (χ0) is 8.97. The molecule has 0 unspecified atom stereocenters. The minimum absolute atomic E-state index is 0.727. The van der Waals surface area contributed by atoms with Crippen LogP contribution >= 0.6 is 12.0 Å². The number of hydrogen-bond donors (Lipinski definition) is 2. The highest BCUT2D eigenvalue weighted by Crippen LogP contribution is 2.24. The Morgan fingerprint density at radius 2 is 2.17 bits per heavy atom. The second-order valence-electron chi connectivity index (χ2n) is 2.27. The summed E-state index contributed by atoms with van der Waals surface area (Å²) < 4.78 is 4.49. The summed E-state index contributed by atoms with van der Waals surface area (Å²) in [5.74, 6) is 4.69. The Balaban J connectivity index is 2.72. The van der Waals surface area contributed by atoms with Gasteiger partial charge in [-0.05, 0) is 30.7 Å². The van der Waals surface area contributed by atoms with Crippen LogP contribution in [0.3, 0.4) is 0 Å². The van der Waals surface area contributed by atoms with E-state index < -0.39 is 0 Å². The molecule has 0 amide bonds. The number of nitrogen functional groups attached to an aromatic ring is 1. The van der Waals surface area contributed by atoms with Gasteiger partial charge in [0.2, 0.25) is 0 Å². The highest BCUT2D eigenvalue weighted by atomic mass is 32.2. The van der Waals surface area contributed by atoms with E-state index in [9.17, 15) is 0 Å². The van der Waals surface area contributed by atoms with Crippen molar-refractivity contribution in [2.75, 3.05) is 5.73 Å². The SMILES string of the molecule is Cc1cc(N)ccc1SOON. The van der Waals surface area contributed by atoms with Crippen LogP contribution in [0, 0.1) is 6.92 Å². The molecule has 1 rings (SSSR count). The summed E-state index contributed by atoms with van der Waals surface area (Å²) in [6.45, 7) is 1.93. The molecule has 0 fully saturated rings. The zero-order valence-electron chi connectivity index (χ0n) is 6.61. The fraction of sp³-hybridized carbons (Fsp3) is 0.143. The van der Waals surface area contributed by atoms with Crippen molar-refractivity contribution in [2.24, 2.45) is 5.90 Å². The smallest absolute Gasteiger partial charge is 0.0705 e. The van der Waals surface area contributed by atoms with Crippen LogP contribution in [0.4, 0.5) is 5.69 Å². The van der Waals surface area contributed by atoms with Crippen molar-refractivity contribution in [3.05, 3.63) is 23.8 Å². The van der Waals surface area contributed by atoms with Gasteiger partial charge in [-0.3, -0.25) is 0 Å². The topological polar surface area (TPSA) is 70.5 Å². The van der Waals surface area contributed by atoms with Crippen molar-refractivity contribution in [1.82, 2.24) is 0 Å². The maximum atomic E-state index is 5.55. The van der Waals surface area contributed by atoms with Crippen LogP contribution < -0.4 is 11.6 Å². The molecule has 1 aromatic carbocycles. The van der Waals surface area contributed by atoms with Crippen LogP contribution in [0.1, 0.15) is 5.56 Å². The van der Waals surface area contributed by atoms with Gasteiger partial charge in [0.25, 0.3) is 0 Å². The average molecular weight is 186 g/mol. The first-order valence-corrected chi connectivity index (χ1v) is 4.04. The molecular formula is C7H10N2O2S. The second-order valence-corrected chi connectivity index (χ2v) is 3.02. The van der Waals surface area contributed by atoms with E-state index >= 15 is 0 Å². The minimum atomic E-state index is 0.727. The molecule has 0 radical (unpaired) electrons. The molecule has 0 aliphatic rings. The Kier molecular flexibility index (Phi) is 3.36. The number of anilines is 1. The van der Waals surface area contributed by atoms with E-state index in [1.807, 2.05) is 19.1 Å². The molecule has 0 aromatic heterocycles. The Hall–Kier alpha value is -0.750. The summed E-state index contributed by atoms with van der Waals surface area (Å²) in [7, 11) is 0. The van der Waals surface area contributed by atoms with Gasteiger partial charge in [0.15, 0.2) is 0 Å². The van der Waals surface area contributed by atoms with E-state index in [0.29, 0.717) is 0 Å². The van der Waals surface area contributed by atoms with Crippen LogP contribution in [-0.4, -0.2) is 0 Å². The van der Waals surface area contributed by atoms with Crippen molar-refractivity contribution < 1.29 is 9.32 Å². The highest BCUT2D eigenvalue weighted by molar-refractivity contribution is 7.94. The van der Waals surface area contributed by atoms with E-state index in [0.717, 1.165) is 28.2 Å². The third-order valence-corrected chi connectivity index (χ3v) is 2.15. The zero-order valence-corrected chi connectivity index (χ0v) is 7.43. The van der Waals surface area contributed by atoms with Crippen molar-refractivity contribution in [3.8, 4) is 0 Å². The van der Waals surface area contributed by atoms with Gasteiger partial charge in [0, 0.05) is 10.6 Å². The lowest BCUT2D eigenvalue weighted by Gasteiger charge is -2.02. The van der Waals surface area contributed by atoms with Gasteiger partial charge < -0.3 is 5.73 Å². The minimum Gasteiger partial charge on any atom is -0.399 e. The molecule has 0 aliphatic heterocycles. The summed E-state index contributed by atoms with van der Waals surface area (Å²) >= 11 is 1.05. The molecule has 0 saturated carbocycles. The molecule has 0 spiro atoms. The first-order valence-electron chi connectivity index (χ1n) is 3.30. The van der Waals surface area contributed by atoms with Crippen LogP contribution in [0.2, 0.25) is 0 Å².